The van der Waals surface area contributed by atoms with E-state index in [9.17, 15) is 21.6 Å². The van der Waals surface area contributed by atoms with E-state index in [0.29, 0.717) is 41.4 Å². The molecule has 0 spiro atoms. The van der Waals surface area contributed by atoms with E-state index in [1.165, 1.54) is 0 Å². The van der Waals surface area contributed by atoms with E-state index in [0.717, 1.165) is 0 Å². The van der Waals surface area contributed by atoms with Gasteiger partial charge in [-0.15, -0.1) is 24.0 Å². The summed E-state index contributed by atoms with van der Waals surface area (Å²) in [5, 5.41) is 6.63. The first-order valence-corrected chi connectivity index (χ1v) is 10.5. The highest BCUT2D eigenvalue weighted by atomic mass is 127. The number of hydrogen-bond donors (Lipinski definition) is 2. The molecule has 0 saturated carbocycles. The maximum absolute atomic E-state index is 12.6. The van der Waals surface area contributed by atoms with Gasteiger partial charge in [-0.2, -0.15) is 29.2 Å². The Balaban J connectivity index is 0.00000576. The van der Waals surface area contributed by atoms with Gasteiger partial charge in [0.25, 0.3) is 0 Å². The Kier molecular flexibility index (Phi) is 11.0. The molecule has 0 aromatic heterocycles. The fraction of sp³-hybridized carbons (Fsp3) is 0.923. The van der Waals surface area contributed by atoms with Crippen molar-refractivity contribution >= 4 is 51.7 Å². The summed E-state index contributed by atoms with van der Waals surface area (Å²) in [6.07, 6.45) is 2.60. The molecule has 1 atom stereocenters. The number of nitrogens with one attached hydrogen (secondary N) is 2. The van der Waals surface area contributed by atoms with Crippen LogP contribution in [0.25, 0.3) is 0 Å². The fourth-order valence-corrected chi connectivity index (χ4v) is 3.40. The molecular formula is C13H26F3IN4O2S2. The lowest BCUT2D eigenvalue weighted by Gasteiger charge is -2.32. The van der Waals surface area contributed by atoms with Crippen molar-refractivity contribution in [1.29, 1.82) is 0 Å². The molecule has 1 aliphatic heterocycles. The van der Waals surface area contributed by atoms with Crippen LogP contribution in [0.1, 0.15) is 26.7 Å². The molecule has 12 heteroatoms. The van der Waals surface area contributed by atoms with Crippen LogP contribution in [0.5, 0.6) is 0 Å². The topological polar surface area (TPSA) is 73.8 Å². The maximum Gasteiger partial charge on any atom is 0.511 e. The minimum atomic E-state index is -5.24. The van der Waals surface area contributed by atoms with Gasteiger partial charge in [0.2, 0.25) is 0 Å². The average Bonchev–Trinajstić information content (AvgIpc) is 2.52. The van der Waals surface area contributed by atoms with Crippen LogP contribution in [0.15, 0.2) is 4.99 Å². The second kappa shape index (κ2) is 11.0. The number of rotatable bonds is 6. The lowest BCUT2D eigenvalue weighted by molar-refractivity contribution is -0.0494. The van der Waals surface area contributed by atoms with Gasteiger partial charge in [0.05, 0.1) is 6.54 Å². The summed E-state index contributed by atoms with van der Waals surface area (Å²) in [5.41, 5.74) is -5.24. The van der Waals surface area contributed by atoms with Crippen LogP contribution in [-0.4, -0.2) is 67.9 Å². The highest BCUT2D eigenvalue weighted by molar-refractivity contribution is 14.0. The van der Waals surface area contributed by atoms with Crippen molar-refractivity contribution in [2.75, 3.05) is 32.4 Å². The van der Waals surface area contributed by atoms with Gasteiger partial charge < -0.3 is 10.6 Å². The molecule has 1 unspecified atom stereocenters. The molecule has 1 fully saturated rings. The van der Waals surface area contributed by atoms with Gasteiger partial charge in [-0.25, -0.2) is 8.42 Å². The predicted molar refractivity (Wildman–Crippen MR) is 107 cm³/mol. The Morgan fingerprint density at radius 2 is 1.92 bits per heavy atom. The third-order valence-corrected chi connectivity index (χ3v) is 6.26. The van der Waals surface area contributed by atoms with Gasteiger partial charge in [0.15, 0.2) is 5.96 Å². The van der Waals surface area contributed by atoms with Gasteiger partial charge in [0, 0.05) is 30.9 Å². The number of sulfonamides is 1. The molecule has 1 aliphatic rings. The van der Waals surface area contributed by atoms with Crippen LogP contribution in [-0.2, 0) is 10.0 Å². The summed E-state index contributed by atoms with van der Waals surface area (Å²) in [5.74, 6) is 0.607. The van der Waals surface area contributed by atoms with Gasteiger partial charge in [-0.05, 0) is 26.0 Å². The molecule has 0 amide bonds. The summed E-state index contributed by atoms with van der Waals surface area (Å²) in [4.78, 5) is 4.45. The smallest absolute Gasteiger partial charge is 0.357 e. The zero-order valence-corrected chi connectivity index (χ0v) is 18.4. The minimum absolute atomic E-state index is 0. The normalized spacial score (nSPS) is 19.2. The zero-order valence-electron chi connectivity index (χ0n) is 14.5. The molecule has 0 bridgehead atoms. The summed E-state index contributed by atoms with van der Waals surface area (Å²) in [7, 11) is -5.23. The number of piperidine rings is 1. The van der Waals surface area contributed by atoms with Gasteiger partial charge >= 0.3 is 15.5 Å². The number of guanidine groups is 1. The quantitative estimate of drug-likeness (QED) is 0.321. The van der Waals surface area contributed by atoms with Crippen LogP contribution < -0.4 is 10.6 Å². The Morgan fingerprint density at radius 3 is 2.36 bits per heavy atom. The third kappa shape index (κ3) is 7.67. The molecule has 1 saturated heterocycles. The van der Waals surface area contributed by atoms with E-state index in [-0.39, 0.29) is 43.1 Å². The zero-order chi connectivity index (χ0) is 18.4. The van der Waals surface area contributed by atoms with E-state index < -0.39 is 15.5 Å². The molecule has 150 valence electrons. The average molecular weight is 518 g/mol. The van der Waals surface area contributed by atoms with Gasteiger partial charge in [-0.3, -0.25) is 4.99 Å². The fourth-order valence-electron chi connectivity index (χ4n) is 2.19. The van der Waals surface area contributed by atoms with E-state index in [1.807, 2.05) is 13.2 Å². The molecule has 0 aliphatic carbocycles. The Morgan fingerprint density at radius 1 is 1.36 bits per heavy atom. The molecule has 1 heterocycles. The van der Waals surface area contributed by atoms with Crippen LogP contribution in [0, 0.1) is 0 Å². The highest BCUT2D eigenvalue weighted by Crippen LogP contribution is 2.28. The second-order valence-electron chi connectivity index (χ2n) is 5.53. The van der Waals surface area contributed by atoms with Crippen molar-refractivity contribution in [3.8, 4) is 0 Å². The molecular weight excluding hydrogens is 492 g/mol. The Bertz CT molecular complexity index is 524. The number of hydrogen-bond acceptors (Lipinski definition) is 4. The monoisotopic (exact) mass is 518 g/mol. The van der Waals surface area contributed by atoms with Crippen molar-refractivity contribution in [2.24, 2.45) is 4.99 Å². The van der Waals surface area contributed by atoms with Crippen molar-refractivity contribution in [3.05, 3.63) is 0 Å². The molecule has 25 heavy (non-hydrogen) atoms. The number of nitrogens with zero attached hydrogens (tertiary/aromatic N) is 2. The molecule has 0 aromatic rings. The molecule has 0 radical (unpaired) electrons. The lowest BCUT2D eigenvalue weighted by atomic mass is 10.1. The largest absolute Gasteiger partial charge is 0.511 e. The SMILES string of the molecule is CCNC(=NCC(C)SC)NC1CCN(S(=O)(=O)C(F)(F)F)CC1.I. The number of aliphatic imine (C=N–C) groups is 1. The highest BCUT2D eigenvalue weighted by Gasteiger charge is 2.50. The summed E-state index contributed by atoms with van der Waals surface area (Å²) in [6.45, 7) is 4.96. The van der Waals surface area contributed by atoms with E-state index in [4.69, 9.17) is 0 Å². The van der Waals surface area contributed by atoms with Gasteiger partial charge in [0.1, 0.15) is 0 Å². The van der Waals surface area contributed by atoms with Crippen LogP contribution in [0.3, 0.4) is 0 Å². The Labute approximate surface area is 168 Å². The standard InChI is InChI=1S/C13H25F3N4O2S2.HI/c1-4-17-12(18-9-10(2)23-3)19-11-5-7-20(8-6-11)24(21,22)13(14,15)16;/h10-11H,4-9H2,1-3H3,(H2,17,18,19);1H. The summed E-state index contributed by atoms with van der Waals surface area (Å²) < 4.78 is 61.0. The van der Waals surface area contributed by atoms with E-state index in [2.05, 4.69) is 22.5 Å². The van der Waals surface area contributed by atoms with Gasteiger partial charge in [-0.1, -0.05) is 6.92 Å². The minimum Gasteiger partial charge on any atom is -0.357 e. The lowest BCUT2D eigenvalue weighted by Crippen LogP contribution is -2.51. The number of alkyl halides is 3. The predicted octanol–water partition coefficient (Wildman–Crippen LogP) is 2.23. The van der Waals surface area contributed by atoms with E-state index in [1.54, 1.807) is 11.8 Å². The number of halogens is 4. The first kappa shape index (κ1) is 25.1. The number of thioether (sulfide) groups is 1. The molecule has 6 nitrogen and oxygen atoms in total. The molecule has 1 rings (SSSR count). The van der Waals surface area contributed by atoms with Crippen molar-refractivity contribution in [3.63, 3.8) is 0 Å². The second-order valence-corrected chi connectivity index (χ2v) is 8.74. The van der Waals surface area contributed by atoms with Crippen LogP contribution in [0.2, 0.25) is 0 Å². The molecule has 2 N–H and O–H groups in total. The van der Waals surface area contributed by atoms with Crippen LogP contribution in [0.4, 0.5) is 13.2 Å². The summed E-state index contributed by atoms with van der Waals surface area (Å²) in [6, 6.07) is -0.105. The molecule has 0 aromatic carbocycles. The first-order valence-electron chi connectivity index (χ1n) is 7.75. The van der Waals surface area contributed by atoms with Crippen molar-refractivity contribution in [1.82, 2.24) is 14.9 Å². The van der Waals surface area contributed by atoms with E-state index >= 15 is 0 Å². The third-order valence-electron chi connectivity index (χ3n) is 3.68. The van der Waals surface area contributed by atoms with Crippen molar-refractivity contribution in [2.45, 2.75) is 43.5 Å². The van der Waals surface area contributed by atoms with Crippen LogP contribution >= 0.6 is 35.7 Å². The van der Waals surface area contributed by atoms with Crippen molar-refractivity contribution < 1.29 is 21.6 Å². The summed E-state index contributed by atoms with van der Waals surface area (Å²) >= 11 is 1.69. The Hall–Kier alpha value is 0.0500. The maximum atomic E-state index is 12.6. The first-order chi connectivity index (χ1) is 11.1.